The van der Waals surface area contributed by atoms with Crippen molar-refractivity contribution in [1.82, 2.24) is 0 Å². The van der Waals surface area contributed by atoms with Gasteiger partial charge < -0.3 is 31.2 Å². The zero-order chi connectivity index (χ0) is 20.9. The number of rotatable bonds is 4. The van der Waals surface area contributed by atoms with E-state index in [2.05, 4.69) is 9.47 Å². The van der Waals surface area contributed by atoms with Crippen LogP contribution in [0.25, 0.3) is 0 Å². The van der Waals surface area contributed by atoms with Crippen LogP contribution in [-0.2, 0) is 0 Å². The van der Waals surface area contributed by atoms with E-state index in [0.717, 1.165) is 0 Å². The molecule has 0 saturated heterocycles. The first-order chi connectivity index (χ1) is 11.3. The Morgan fingerprint density at radius 2 is 0.846 bits per heavy atom. The number of nitrogens with two attached hydrogens (primary N) is 2. The van der Waals surface area contributed by atoms with Gasteiger partial charge in [-0.15, -0.1) is 0 Å². The van der Waals surface area contributed by atoms with Crippen molar-refractivity contribution >= 4 is 11.4 Å². The first kappa shape index (κ1) is 21.4. The van der Waals surface area contributed by atoms with Crippen molar-refractivity contribution in [1.29, 1.82) is 0 Å². The predicted octanol–water partition coefficient (Wildman–Crippen LogP) is 3.33. The lowest BCUT2D eigenvalue weighted by Crippen LogP contribution is -2.42. The summed E-state index contributed by atoms with van der Waals surface area (Å²) in [7, 11) is 0. The van der Waals surface area contributed by atoms with Crippen molar-refractivity contribution in [3.63, 3.8) is 0 Å². The van der Waals surface area contributed by atoms with Crippen molar-refractivity contribution in [3.8, 4) is 23.0 Å². The Morgan fingerprint density at radius 3 is 1.12 bits per heavy atom. The summed E-state index contributed by atoms with van der Waals surface area (Å²) >= 11 is 0. The van der Waals surface area contributed by atoms with Crippen molar-refractivity contribution in [3.05, 3.63) is 0 Å². The monoisotopic (exact) mass is 408 g/mol. The Labute approximate surface area is 135 Å². The van der Waals surface area contributed by atoms with E-state index in [0.29, 0.717) is 0 Å². The lowest BCUT2D eigenvalue weighted by atomic mass is 10.2. The molecular weight excluding hydrogens is 402 g/mol. The van der Waals surface area contributed by atoms with E-state index in [4.69, 9.17) is 11.5 Å². The molecule has 0 amide bonds. The van der Waals surface area contributed by atoms with Gasteiger partial charge in [-0.05, 0) is 0 Å². The van der Waals surface area contributed by atoms with Gasteiger partial charge in [-0.1, -0.05) is 0 Å². The van der Waals surface area contributed by atoms with Gasteiger partial charge >= 0.3 is 24.6 Å². The van der Waals surface area contributed by atoms with E-state index in [1.54, 1.807) is 0 Å². The average Bonchev–Trinajstić information content (AvgIpc) is 2.43. The molecule has 16 heteroatoms. The van der Waals surface area contributed by atoms with Crippen LogP contribution in [0, 0.1) is 0 Å². The summed E-state index contributed by atoms with van der Waals surface area (Å²) in [4.78, 5) is 0. The summed E-state index contributed by atoms with van der Waals surface area (Å²) < 4.78 is 130. The lowest BCUT2D eigenvalue weighted by Gasteiger charge is -2.25. The van der Waals surface area contributed by atoms with Crippen LogP contribution in [0.4, 0.5) is 55.3 Å². The third-order valence-electron chi connectivity index (χ3n) is 2.55. The molecule has 26 heavy (non-hydrogen) atoms. The van der Waals surface area contributed by atoms with Gasteiger partial charge in [0.25, 0.3) is 0 Å². The largest absolute Gasteiger partial charge is 0.503 e. The minimum Gasteiger partial charge on any atom is -0.503 e. The fourth-order valence-electron chi connectivity index (χ4n) is 1.30. The highest BCUT2D eigenvalue weighted by molar-refractivity contribution is 5.84. The van der Waals surface area contributed by atoms with E-state index >= 15 is 0 Å². The van der Waals surface area contributed by atoms with E-state index in [1.165, 1.54) is 0 Å². The van der Waals surface area contributed by atoms with Gasteiger partial charge in [0.05, 0.1) is 0 Å². The summed E-state index contributed by atoms with van der Waals surface area (Å²) in [6, 6.07) is 0. The smallest absolute Gasteiger partial charge is 0.499 e. The van der Waals surface area contributed by atoms with Crippen LogP contribution < -0.4 is 20.9 Å². The van der Waals surface area contributed by atoms with Crippen LogP contribution in [0.1, 0.15) is 0 Å². The summed E-state index contributed by atoms with van der Waals surface area (Å²) in [5.74, 6) is -8.20. The van der Waals surface area contributed by atoms with Crippen molar-refractivity contribution in [2.24, 2.45) is 0 Å². The second-order valence-corrected chi connectivity index (χ2v) is 4.42. The molecule has 6 N–H and O–H groups in total. The first-order valence-electron chi connectivity index (χ1n) is 5.73. The highest BCUT2D eigenvalue weighted by atomic mass is 19.4. The van der Waals surface area contributed by atoms with Gasteiger partial charge in [0.15, 0.2) is 17.2 Å². The first-order valence-corrected chi connectivity index (χ1v) is 5.73. The van der Waals surface area contributed by atoms with Crippen LogP contribution in [0.15, 0.2) is 0 Å². The number of hydrogen-bond donors (Lipinski definition) is 4. The molecule has 0 fully saturated rings. The van der Waals surface area contributed by atoms with Crippen LogP contribution in [0.5, 0.6) is 23.0 Å². The predicted molar refractivity (Wildman–Crippen MR) is 61.9 cm³/mol. The van der Waals surface area contributed by atoms with Gasteiger partial charge in [-0.2, -0.15) is 43.9 Å². The molecule has 0 heterocycles. The fraction of sp³-hybridized carbons (Fsp3) is 0.400. The maximum absolute atomic E-state index is 12.8. The number of halogens is 10. The molecule has 0 saturated carbocycles. The third kappa shape index (κ3) is 3.62. The van der Waals surface area contributed by atoms with Crippen molar-refractivity contribution in [2.75, 3.05) is 11.5 Å². The van der Waals surface area contributed by atoms with Gasteiger partial charge in [0.1, 0.15) is 11.4 Å². The molecule has 0 aliphatic rings. The minimum atomic E-state index is -6.37. The van der Waals surface area contributed by atoms with Crippen LogP contribution in [-0.4, -0.2) is 34.8 Å². The fourth-order valence-corrected chi connectivity index (χ4v) is 1.30. The molecule has 0 aliphatic heterocycles. The van der Waals surface area contributed by atoms with Crippen LogP contribution >= 0.6 is 0 Å². The molecule has 150 valence electrons. The summed E-state index contributed by atoms with van der Waals surface area (Å²) in [5, 5.41) is 18.7. The van der Waals surface area contributed by atoms with Crippen LogP contribution in [0.2, 0.25) is 0 Å². The molecule has 6 nitrogen and oxygen atoms in total. The Kier molecular flexibility index (Phi) is 4.88. The Hall–Kier alpha value is -2.68. The number of anilines is 2. The number of benzene rings is 1. The average molecular weight is 408 g/mol. The Bertz CT molecular complexity index is 613. The topological polar surface area (TPSA) is 111 Å². The van der Waals surface area contributed by atoms with Gasteiger partial charge in [-0.3, -0.25) is 0 Å². The molecule has 0 bridgehead atoms. The Balaban J connectivity index is 3.48. The molecular formula is C10H6F10N2O4. The molecule has 0 radical (unpaired) electrons. The lowest BCUT2D eigenvalue weighted by molar-refractivity contribution is -0.361. The van der Waals surface area contributed by atoms with E-state index in [9.17, 15) is 54.1 Å². The summed E-state index contributed by atoms with van der Waals surface area (Å²) in [5.41, 5.74) is 6.24. The molecule has 0 atom stereocenters. The maximum atomic E-state index is 12.8. The molecule has 0 aromatic heterocycles. The molecule has 1 rings (SSSR count). The number of nitrogen functional groups attached to an aromatic ring is 2. The third-order valence-corrected chi connectivity index (χ3v) is 2.55. The molecule has 0 aliphatic carbocycles. The number of phenolic OH excluding ortho intramolecular Hbond substituents is 2. The maximum Gasteiger partial charge on any atom is 0.499 e. The Morgan fingerprint density at radius 1 is 0.577 bits per heavy atom. The van der Waals surface area contributed by atoms with Gasteiger partial charge in [-0.25, -0.2) is 0 Å². The number of ether oxygens (including phenoxy) is 2. The molecule has 0 spiro atoms. The molecule has 0 unspecified atom stereocenters. The van der Waals surface area contributed by atoms with Crippen molar-refractivity contribution in [2.45, 2.75) is 24.6 Å². The van der Waals surface area contributed by atoms with Crippen LogP contribution in [0.3, 0.4) is 0 Å². The second-order valence-electron chi connectivity index (χ2n) is 4.42. The quantitative estimate of drug-likeness (QED) is 0.263. The molecule has 1 aromatic rings. The zero-order valence-corrected chi connectivity index (χ0v) is 11.6. The van der Waals surface area contributed by atoms with E-state index in [1.807, 2.05) is 0 Å². The summed E-state index contributed by atoms with van der Waals surface area (Å²) in [6.07, 6.45) is -24.7. The normalized spacial score (nSPS) is 13.6. The number of alkyl halides is 10. The second kappa shape index (κ2) is 5.94. The number of phenols is 2. The highest BCUT2D eigenvalue weighted by Gasteiger charge is 2.63. The van der Waals surface area contributed by atoms with Gasteiger partial charge in [0, 0.05) is 0 Å². The highest BCUT2D eigenvalue weighted by Crippen LogP contribution is 2.55. The SMILES string of the molecule is Nc1c(O)c(OC(F)(F)C(F)(F)F)c(O)c(N)c1OC(F)(F)C(F)(F)F. The zero-order valence-electron chi connectivity index (χ0n) is 11.6. The summed E-state index contributed by atoms with van der Waals surface area (Å²) in [6.45, 7) is 0. The molecule has 1 aromatic carbocycles. The standard InChI is InChI=1S/C10H6F10N2O4/c11-7(12,13)9(17,18)25-5-1(21)3(23)6(4(24)2(5)22)26-10(19,20)8(14,15)16/h23-24H,21-22H2. The number of hydrogen-bond acceptors (Lipinski definition) is 6. The number of aromatic hydroxyl groups is 2. The van der Waals surface area contributed by atoms with E-state index in [-0.39, 0.29) is 0 Å². The van der Waals surface area contributed by atoms with Gasteiger partial charge in [0.2, 0.25) is 5.75 Å². The minimum absolute atomic E-state index is 1.74. The van der Waals surface area contributed by atoms with E-state index < -0.39 is 58.9 Å². The van der Waals surface area contributed by atoms with Crippen molar-refractivity contribution < 1.29 is 63.6 Å².